The van der Waals surface area contributed by atoms with Gasteiger partial charge < -0.3 is 10.0 Å². The van der Waals surface area contributed by atoms with Crippen molar-refractivity contribution in [3.63, 3.8) is 0 Å². The van der Waals surface area contributed by atoms with E-state index >= 15 is 0 Å². The molecule has 22 heavy (non-hydrogen) atoms. The van der Waals surface area contributed by atoms with Crippen molar-refractivity contribution >= 4 is 11.9 Å². The average Bonchev–Trinajstić information content (AvgIpc) is 2.54. The molecule has 0 bridgehead atoms. The Hall–Kier alpha value is -1.84. The summed E-state index contributed by atoms with van der Waals surface area (Å²) in [6.07, 6.45) is 6.57. The highest BCUT2D eigenvalue weighted by Gasteiger charge is 2.33. The highest BCUT2D eigenvalue weighted by Crippen LogP contribution is 2.31. The molecule has 1 aromatic rings. The minimum atomic E-state index is -0.845. The molecule has 1 aromatic carbocycles. The zero-order chi connectivity index (χ0) is 15.5. The topological polar surface area (TPSA) is 57.6 Å². The molecule has 1 aliphatic carbocycles. The van der Waals surface area contributed by atoms with Gasteiger partial charge in [-0.25, -0.2) is 0 Å². The van der Waals surface area contributed by atoms with Gasteiger partial charge in [-0.2, -0.15) is 0 Å². The Balaban J connectivity index is 1.72. The lowest BCUT2D eigenvalue weighted by atomic mass is 9.85. The van der Waals surface area contributed by atoms with E-state index in [1.807, 2.05) is 24.3 Å². The predicted octanol–water partition coefficient (Wildman–Crippen LogP) is 3.17. The van der Waals surface area contributed by atoms with Crippen molar-refractivity contribution in [3.8, 4) is 0 Å². The molecule has 0 aromatic heterocycles. The summed E-state index contributed by atoms with van der Waals surface area (Å²) in [6.45, 7) is 0.851. The van der Waals surface area contributed by atoms with E-state index in [2.05, 4.69) is 0 Å². The summed E-state index contributed by atoms with van der Waals surface area (Å²) in [7, 11) is 0. The highest BCUT2D eigenvalue weighted by molar-refractivity contribution is 5.81. The van der Waals surface area contributed by atoms with E-state index in [1.165, 1.54) is 19.3 Å². The Morgan fingerprint density at radius 1 is 1.14 bits per heavy atom. The highest BCUT2D eigenvalue weighted by atomic mass is 16.4. The molecule has 4 nitrogen and oxygen atoms in total. The molecule has 118 valence electrons. The SMILES string of the molecule is O=C(O)C1CN(C(=O)CC2CCCCC2)Cc2ccccc21. The molecular weight excluding hydrogens is 278 g/mol. The summed E-state index contributed by atoms with van der Waals surface area (Å²) in [4.78, 5) is 25.9. The number of nitrogens with zero attached hydrogens (tertiary/aromatic N) is 1. The van der Waals surface area contributed by atoms with Crippen LogP contribution in [-0.4, -0.2) is 28.4 Å². The number of rotatable bonds is 3. The molecule has 3 rings (SSSR count). The van der Waals surface area contributed by atoms with E-state index in [-0.39, 0.29) is 5.91 Å². The second-order valence-electron chi connectivity index (χ2n) is 6.57. The second-order valence-corrected chi connectivity index (χ2v) is 6.57. The van der Waals surface area contributed by atoms with Crippen LogP contribution >= 0.6 is 0 Å². The van der Waals surface area contributed by atoms with Crippen molar-refractivity contribution in [1.82, 2.24) is 4.90 Å². The lowest BCUT2D eigenvalue weighted by Gasteiger charge is -2.34. The van der Waals surface area contributed by atoms with Crippen molar-refractivity contribution < 1.29 is 14.7 Å². The van der Waals surface area contributed by atoms with E-state index in [9.17, 15) is 14.7 Å². The molecule has 2 aliphatic rings. The van der Waals surface area contributed by atoms with Gasteiger partial charge >= 0.3 is 5.97 Å². The first-order valence-corrected chi connectivity index (χ1v) is 8.23. The van der Waals surface area contributed by atoms with E-state index in [0.717, 1.165) is 24.0 Å². The molecule has 1 aliphatic heterocycles. The number of hydrogen-bond donors (Lipinski definition) is 1. The van der Waals surface area contributed by atoms with Crippen molar-refractivity contribution in [3.05, 3.63) is 35.4 Å². The lowest BCUT2D eigenvalue weighted by Crippen LogP contribution is -2.41. The number of carbonyl (C=O) groups excluding carboxylic acids is 1. The van der Waals surface area contributed by atoms with Gasteiger partial charge in [0.2, 0.25) is 5.91 Å². The van der Waals surface area contributed by atoms with Gasteiger partial charge in [0.05, 0.1) is 5.92 Å². The average molecular weight is 301 g/mol. The number of carboxylic acids is 1. The first-order chi connectivity index (χ1) is 10.6. The van der Waals surface area contributed by atoms with Crippen molar-refractivity contribution in [1.29, 1.82) is 0 Å². The first kappa shape index (κ1) is 15.1. The Morgan fingerprint density at radius 2 is 1.86 bits per heavy atom. The Kier molecular flexibility index (Phi) is 4.46. The van der Waals surface area contributed by atoms with Gasteiger partial charge in [-0.05, 0) is 29.9 Å². The number of benzene rings is 1. The van der Waals surface area contributed by atoms with E-state index in [0.29, 0.717) is 25.4 Å². The van der Waals surface area contributed by atoms with Crippen LogP contribution in [0.15, 0.2) is 24.3 Å². The molecule has 0 spiro atoms. The zero-order valence-corrected chi connectivity index (χ0v) is 12.8. The van der Waals surface area contributed by atoms with Gasteiger partial charge in [0, 0.05) is 19.5 Å². The van der Waals surface area contributed by atoms with E-state index in [1.54, 1.807) is 4.90 Å². The molecule has 1 heterocycles. The van der Waals surface area contributed by atoms with E-state index in [4.69, 9.17) is 0 Å². The standard InChI is InChI=1S/C18H23NO3/c20-17(10-13-6-2-1-3-7-13)19-11-14-8-4-5-9-15(14)16(12-19)18(21)22/h4-5,8-9,13,16H,1-3,6-7,10-12H2,(H,21,22). The van der Waals surface area contributed by atoms with Crippen LogP contribution < -0.4 is 0 Å². The molecule has 4 heteroatoms. The van der Waals surface area contributed by atoms with Crippen LogP contribution in [0.25, 0.3) is 0 Å². The third-order valence-corrected chi connectivity index (χ3v) is 5.03. The Labute approximate surface area is 131 Å². The van der Waals surface area contributed by atoms with Gasteiger partial charge in [0.1, 0.15) is 0 Å². The number of carboxylic acid groups (broad SMARTS) is 1. The molecule has 1 unspecified atom stereocenters. The molecule has 0 saturated heterocycles. The quantitative estimate of drug-likeness (QED) is 0.933. The second kappa shape index (κ2) is 6.51. The van der Waals surface area contributed by atoms with Crippen LogP contribution in [0, 0.1) is 5.92 Å². The maximum absolute atomic E-state index is 12.6. The summed E-state index contributed by atoms with van der Waals surface area (Å²) in [5.74, 6) is -0.836. The number of hydrogen-bond acceptors (Lipinski definition) is 2. The molecule has 1 saturated carbocycles. The third kappa shape index (κ3) is 3.16. The zero-order valence-electron chi connectivity index (χ0n) is 12.8. The minimum absolute atomic E-state index is 0.118. The largest absolute Gasteiger partial charge is 0.481 e. The van der Waals surface area contributed by atoms with Gasteiger partial charge in [-0.3, -0.25) is 9.59 Å². The van der Waals surface area contributed by atoms with Crippen LogP contribution in [0.3, 0.4) is 0 Å². The predicted molar refractivity (Wildman–Crippen MR) is 83.4 cm³/mol. The molecule has 1 N–H and O–H groups in total. The summed E-state index contributed by atoms with van der Waals surface area (Å²) in [6, 6.07) is 7.59. The van der Waals surface area contributed by atoms with Crippen molar-refractivity contribution in [2.24, 2.45) is 5.92 Å². The fraction of sp³-hybridized carbons (Fsp3) is 0.556. The fourth-order valence-electron chi connectivity index (χ4n) is 3.78. The van der Waals surface area contributed by atoms with Gasteiger partial charge in [0.25, 0.3) is 0 Å². The van der Waals surface area contributed by atoms with Crippen LogP contribution in [-0.2, 0) is 16.1 Å². The third-order valence-electron chi connectivity index (χ3n) is 5.03. The van der Waals surface area contributed by atoms with E-state index < -0.39 is 11.9 Å². The maximum Gasteiger partial charge on any atom is 0.312 e. The smallest absolute Gasteiger partial charge is 0.312 e. The monoisotopic (exact) mass is 301 g/mol. The van der Waals surface area contributed by atoms with Crippen LogP contribution in [0.5, 0.6) is 0 Å². The Morgan fingerprint density at radius 3 is 2.59 bits per heavy atom. The van der Waals surface area contributed by atoms with Crippen molar-refractivity contribution in [2.45, 2.75) is 51.0 Å². The Bertz CT molecular complexity index is 563. The first-order valence-electron chi connectivity index (χ1n) is 8.23. The lowest BCUT2D eigenvalue weighted by molar-refractivity contribution is -0.141. The van der Waals surface area contributed by atoms with Crippen LogP contribution in [0.4, 0.5) is 0 Å². The number of fused-ring (bicyclic) bond motifs is 1. The maximum atomic E-state index is 12.6. The number of aliphatic carboxylic acids is 1. The normalized spacial score (nSPS) is 22.2. The molecule has 0 radical (unpaired) electrons. The fourth-order valence-corrected chi connectivity index (χ4v) is 3.78. The van der Waals surface area contributed by atoms with Crippen molar-refractivity contribution in [2.75, 3.05) is 6.54 Å². The van der Waals surface area contributed by atoms with Crippen LogP contribution in [0.1, 0.15) is 55.6 Å². The summed E-state index contributed by atoms with van der Waals surface area (Å²) in [5.41, 5.74) is 1.83. The molecule has 1 amide bonds. The number of amides is 1. The summed E-state index contributed by atoms with van der Waals surface area (Å²) >= 11 is 0. The summed E-state index contributed by atoms with van der Waals surface area (Å²) in [5, 5.41) is 9.47. The minimum Gasteiger partial charge on any atom is -0.481 e. The van der Waals surface area contributed by atoms with Gasteiger partial charge in [-0.1, -0.05) is 43.5 Å². The number of carbonyl (C=O) groups is 2. The summed E-state index contributed by atoms with van der Waals surface area (Å²) < 4.78 is 0. The molecule has 1 atom stereocenters. The van der Waals surface area contributed by atoms with Gasteiger partial charge in [0.15, 0.2) is 0 Å². The molecular formula is C18H23NO3. The molecule has 1 fully saturated rings. The van der Waals surface area contributed by atoms with Crippen LogP contribution in [0.2, 0.25) is 0 Å². The van der Waals surface area contributed by atoms with Gasteiger partial charge in [-0.15, -0.1) is 0 Å².